The number of aromatic nitrogens is 2. The molecule has 0 N–H and O–H groups in total. The molecule has 1 aliphatic rings. The van der Waals surface area contributed by atoms with Crippen molar-refractivity contribution in [2.75, 3.05) is 18.0 Å². The van der Waals surface area contributed by atoms with Crippen LogP contribution in [-0.4, -0.2) is 23.1 Å². The molecule has 3 heterocycles. The standard InChI is InChI=1S/C19H20FN3S/c1-19(2)8-3-9-23(11-19)18-17-15(21-12-22-18)10-16(24-17)13-4-6-14(20)7-5-13/h4-7,10,12H,3,8-9,11H2,1-2H3. The average Bonchev–Trinajstić information content (AvgIpc) is 2.98. The second kappa shape index (κ2) is 5.81. The van der Waals surface area contributed by atoms with Gasteiger partial charge in [-0.05, 0) is 42.0 Å². The lowest BCUT2D eigenvalue weighted by Crippen LogP contribution is -2.40. The predicted octanol–water partition coefficient (Wildman–Crippen LogP) is 5.12. The van der Waals surface area contributed by atoms with Crippen molar-refractivity contribution in [3.8, 4) is 10.4 Å². The first-order chi connectivity index (χ1) is 11.5. The summed E-state index contributed by atoms with van der Waals surface area (Å²) in [7, 11) is 0. The third-order valence-corrected chi connectivity index (χ3v) is 5.79. The van der Waals surface area contributed by atoms with Gasteiger partial charge in [0.05, 0.1) is 10.2 Å². The maximum absolute atomic E-state index is 13.2. The Morgan fingerprint density at radius 3 is 2.71 bits per heavy atom. The molecule has 1 aromatic carbocycles. The second-order valence-corrected chi connectivity index (χ2v) is 8.27. The van der Waals surface area contributed by atoms with Gasteiger partial charge in [0.2, 0.25) is 0 Å². The van der Waals surface area contributed by atoms with E-state index < -0.39 is 0 Å². The molecule has 3 nitrogen and oxygen atoms in total. The molecule has 0 aliphatic carbocycles. The Morgan fingerprint density at radius 2 is 1.96 bits per heavy atom. The molecule has 124 valence electrons. The van der Waals surface area contributed by atoms with Crippen molar-refractivity contribution in [3.63, 3.8) is 0 Å². The molecule has 3 aromatic rings. The molecule has 2 aromatic heterocycles. The Labute approximate surface area is 145 Å². The number of piperidine rings is 1. The van der Waals surface area contributed by atoms with Crippen molar-refractivity contribution in [1.82, 2.24) is 9.97 Å². The summed E-state index contributed by atoms with van der Waals surface area (Å²) in [6.45, 7) is 6.69. The van der Waals surface area contributed by atoms with Crippen molar-refractivity contribution >= 4 is 27.4 Å². The SMILES string of the molecule is CC1(C)CCCN(c2ncnc3cc(-c4ccc(F)cc4)sc23)C1. The Kier molecular flexibility index (Phi) is 3.76. The summed E-state index contributed by atoms with van der Waals surface area (Å²) < 4.78 is 14.3. The number of hydrogen-bond acceptors (Lipinski definition) is 4. The molecule has 5 heteroatoms. The molecule has 1 saturated heterocycles. The molecular weight excluding hydrogens is 321 g/mol. The number of rotatable bonds is 2. The second-order valence-electron chi connectivity index (χ2n) is 7.22. The number of fused-ring (bicyclic) bond motifs is 1. The van der Waals surface area contributed by atoms with Crippen LogP contribution in [0.2, 0.25) is 0 Å². The highest BCUT2D eigenvalue weighted by molar-refractivity contribution is 7.22. The number of halogens is 1. The van der Waals surface area contributed by atoms with E-state index in [1.54, 1.807) is 17.7 Å². The highest BCUT2D eigenvalue weighted by atomic mass is 32.1. The molecular formula is C19H20FN3S. The molecule has 4 rings (SSSR count). The lowest BCUT2D eigenvalue weighted by Gasteiger charge is -2.38. The monoisotopic (exact) mass is 341 g/mol. The van der Waals surface area contributed by atoms with Crippen LogP contribution in [0.1, 0.15) is 26.7 Å². The number of benzene rings is 1. The normalized spacial score (nSPS) is 17.4. The summed E-state index contributed by atoms with van der Waals surface area (Å²) in [5.74, 6) is 0.821. The fourth-order valence-corrected chi connectivity index (χ4v) is 4.56. The lowest BCUT2D eigenvalue weighted by atomic mass is 9.84. The predicted molar refractivity (Wildman–Crippen MR) is 98.0 cm³/mol. The van der Waals surface area contributed by atoms with E-state index in [-0.39, 0.29) is 5.82 Å². The lowest BCUT2D eigenvalue weighted by molar-refractivity contribution is 0.292. The first-order valence-electron chi connectivity index (χ1n) is 8.27. The van der Waals surface area contributed by atoms with Crippen LogP contribution in [-0.2, 0) is 0 Å². The summed E-state index contributed by atoms with van der Waals surface area (Å²) in [5.41, 5.74) is 2.30. The fraction of sp³-hybridized carbons (Fsp3) is 0.368. The van der Waals surface area contributed by atoms with Crippen LogP contribution in [0.25, 0.3) is 20.7 Å². The van der Waals surface area contributed by atoms with Crippen LogP contribution in [0.5, 0.6) is 0 Å². The summed E-state index contributed by atoms with van der Waals surface area (Å²) in [4.78, 5) is 12.5. The minimum Gasteiger partial charge on any atom is -0.355 e. The van der Waals surface area contributed by atoms with Crippen molar-refractivity contribution in [3.05, 3.63) is 42.5 Å². The Balaban J connectivity index is 1.76. The highest BCUT2D eigenvalue weighted by Crippen LogP contribution is 2.39. The van der Waals surface area contributed by atoms with Crippen LogP contribution in [0.3, 0.4) is 0 Å². The summed E-state index contributed by atoms with van der Waals surface area (Å²) in [6.07, 6.45) is 4.10. The molecule has 0 atom stereocenters. The topological polar surface area (TPSA) is 29.0 Å². The molecule has 24 heavy (non-hydrogen) atoms. The van der Waals surface area contributed by atoms with Crippen LogP contribution >= 0.6 is 11.3 Å². The summed E-state index contributed by atoms with van der Waals surface area (Å²) in [5, 5.41) is 0. The van der Waals surface area contributed by atoms with Gasteiger partial charge in [0.1, 0.15) is 18.0 Å². The Morgan fingerprint density at radius 1 is 1.17 bits per heavy atom. The maximum atomic E-state index is 13.2. The number of anilines is 1. The van der Waals surface area contributed by atoms with Gasteiger partial charge in [-0.15, -0.1) is 11.3 Å². The first-order valence-corrected chi connectivity index (χ1v) is 9.09. The van der Waals surface area contributed by atoms with Gasteiger partial charge in [-0.2, -0.15) is 0 Å². The van der Waals surface area contributed by atoms with E-state index in [9.17, 15) is 4.39 Å². The molecule has 0 unspecified atom stereocenters. The van der Waals surface area contributed by atoms with Gasteiger partial charge in [0.15, 0.2) is 0 Å². The van der Waals surface area contributed by atoms with Crippen LogP contribution in [0, 0.1) is 11.2 Å². The van der Waals surface area contributed by atoms with Crippen molar-refractivity contribution in [1.29, 1.82) is 0 Å². The third-order valence-electron chi connectivity index (χ3n) is 4.62. The Hall–Kier alpha value is -2.01. The third kappa shape index (κ3) is 2.88. The minimum atomic E-state index is -0.212. The average molecular weight is 341 g/mol. The van der Waals surface area contributed by atoms with E-state index in [2.05, 4.69) is 34.8 Å². The zero-order valence-electron chi connectivity index (χ0n) is 13.9. The van der Waals surface area contributed by atoms with Gasteiger partial charge >= 0.3 is 0 Å². The van der Waals surface area contributed by atoms with Gasteiger partial charge in [-0.1, -0.05) is 26.0 Å². The molecule has 0 radical (unpaired) electrons. The maximum Gasteiger partial charge on any atom is 0.150 e. The van der Waals surface area contributed by atoms with Gasteiger partial charge in [-0.25, -0.2) is 14.4 Å². The van der Waals surface area contributed by atoms with Crippen LogP contribution in [0.15, 0.2) is 36.7 Å². The zero-order valence-corrected chi connectivity index (χ0v) is 14.7. The molecule has 0 bridgehead atoms. The van der Waals surface area contributed by atoms with E-state index in [0.717, 1.165) is 39.6 Å². The van der Waals surface area contributed by atoms with Crippen LogP contribution < -0.4 is 4.90 Å². The minimum absolute atomic E-state index is 0.212. The molecule has 1 aliphatic heterocycles. The van der Waals surface area contributed by atoms with Crippen LogP contribution in [0.4, 0.5) is 10.2 Å². The number of thiophene rings is 1. The Bertz CT molecular complexity index is 870. The summed E-state index contributed by atoms with van der Waals surface area (Å²) >= 11 is 1.69. The van der Waals surface area contributed by atoms with Crippen molar-refractivity contribution in [2.24, 2.45) is 5.41 Å². The van der Waals surface area contributed by atoms with E-state index in [1.807, 2.05) is 12.1 Å². The van der Waals surface area contributed by atoms with Gasteiger partial charge in [0, 0.05) is 18.0 Å². The van der Waals surface area contributed by atoms with Gasteiger partial charge in [0.25, 0.3) is 0 Å². The van der Waals surface area contributed by atoms with Crippen molar-refractivity contribution < 1.29 is 4.39 Å². The molecule has 0 spiro atoms. The zero-order chi connectivity index (χ0) is 16.7. The van der Waals surface area contributed by atoms with Gasteiger partial charge in [-0.3, -0.25) is 0 Å². The van der Waals surface area contributed by atoms with Crippen molar-refractivity contribution in [2.45, 2.75) is 26.7 Å². The van der Waals surface area contributed by atoms with E-state index in [4.69, 9.17) is 0 Å². The quantitative estimate of drug-likeness (QED) is 0.647. The van der Waals surface area contributed by atoms with E-state index >= 15 is 0 Å². The first kappa shape index (κ1) is 15.5. The number of hydrogen-bond donors (Lipinski definition) is 0. The van der Waals surface area contributed by atoms with E-state index in [1.165, 1.54) is 25.0 Å². The molecule has 1 fully saturated rings. The smallest absolute Gasteiger partial charge is 0.150 e. The largest absolute Gasteiger partial charge is 0.355 e. The highest BCUT2D eigenvalue weighted by Gasteiger charge is 2.28. The molecule has 0 amide bonds. The molecule has 0 saturated carbocycles. The number of nitrogens with zero attached hydrogens (tertiary/aromatic N) is 3. The summed E-state index contributed by atoms with van der Waals surface area (Å²) in [6, 6.07) is 8.71. The van der Waals surface area contributed by atoms with E-state index in [0.29, 0.717) is 5.41 Å². The fourth-order valence-electron chi connectivity index (χ4n) is 3.43. The van der Waals surface area contributed by atoms with Gasteiger partial charge < -0.3 is 4.90 Å².